The molecule has 3 aromatic rings. The molecule has 0 aliphatic heterocycles. The minimum atomic E-state index is -3.85. The van der Waals surface area contributed by atoms with Crippen LogP contribution in [0.2, 0.25) is 5.02 Å². The molecule has 3 aromatic carbocycles. The van der Waals surface area contributed by atoms with Crippen LogP contribution in [0.4, 0.5) is 5.69 Å². The average molecular weight is 598 g/mol. The molecule has 41 heavy (non-hydrogen) atoms. The average Bonchev–Trinajstić information content (AvgIpc) is 2.93. The summed E-state index contributed by atoms with van der Waals surface area (Å²) in [6.07, 6.45) is 1.34. The first-order chi connectivity index (χ1) is 19.4. The minimum absolute atomic E-state index is 0.0254. The van der Waals surface area contributed by atoms with Gasteiger partial charge in [0.1, 0.15) is 12.6 Å². The van der Waals surface area contributed by atoms with Crippen molar-refractivity contribution in [3.63, 3.8) is 0 Å². The molecule has 0 aromatic heterocycles. The van der Waals surface area contributed by atoms with Crippen LogP contribution in [-0.2, 0) is 32.6 Å². The molecule has 7 nitrogen and oxygen atoms in total. The van der Waals surface area contributed by atoms with E-state index in [1.54, 1.807) is 30.3 Å². The molecule has 220 valence electrons. The van der Waals surface area contributed by atoms with E-state index in [-0.39, 0.29) is 30.7 Å². The maximum Gasteiger partial charge on any atom is 0.244 e. The van der Waals surface area contributed by atoms with E-state index in [4.69, 9.17) is 11.6 Å². The molecule has 1 N–H and O–H groups in total. The molecule has 0 aliphatic carbocycles. The quantitative estimate of drug-likeness (QED) is 0.276. The smallest absolute Gasteiger partial charge is 0.244 e. The molecular weight excluding hydrogens is 558 g/mol. The van der Waals surface area contributed by atoms with Crippen molar-refractivity contribution in [2.45, 2.75) is 52.6 Å². The molecule has 0 spiro atoms. The van der Waals surface area contributed by atoms with Gasteiger partial charge in [0.2, 0.25) is 21.8 Å². The first-order valence-corrected chi connectivity index (χ1v) is 16.0. The Kier molecular flexibility index (Phi) is 11.4. The number of anilines is 1. The van der Waals surface area contributed by atoms with Crippen LogP contribution >= 0.6 is 11.6 Å². The van der Waals surface area contributed by atoms with Crippen molar-refractivity contribution >= 4 is 39.1 Å². The third kappa shape index (κ3) is 9.07. The summed E-state index contributed by atoms with van der Waals surface area (Å²) in [7, 11) is -3.85. The summed E-state index contributed by atoms with van der Waals surface area (Å²) < 4.78 is 27.3. The van der Waals surface area contributed by atoms with E-state index < -0.39 is 28.5 Å². The van der Waals surface area contributed by atoms with Crippen LogP contribution in [0.25, 0.3) is 0 Å². The SMILES string of the molecule is CC(C)CNC(=O)[C@@H](Cc1ccccc1)N(Cc1ccccc1Cl)C(=O)CN(c1ccccc1C(C)C)S(C)(=O)=O. The van der Waals surface area contributed by atoms with Gasteiger partial charge < -0.3 is 10.2 Å². The van der Waals surface area contributed by atoms with Crippen molar-refractivity contribution in [2.24, 2.45) is 5.92 Å². The van der Waals surface area contributed by atoms with E-state index in [0.29, 0.717) is 22.8 Å². The Balaban J connectivity index is 2.10. The largest absolute Gasteiger partial charge is 0.354 e. The zero-order chi connectivity index (χ0) is 30.2. The Hall–Kier alpha value is -3.36. The number of rotatable bonds is 13. The number of hydrogen-bond donors (Lipinski definition) is 1. The number of benzene rings is 3. The summed E-state index contributed by atoms with van der Waals surface area (Å²) in [5.74, 6) is -0.583. The first kappa shape index (κ1) is 32.2. The van der Waals surface area contributed by atoms with Crippen LogP contribution in [0.1, 0.15) is 50.3 Å². The van der Waals surface area contributed by atoms with E-state index in [2.05, 4.69) is 5.32 Å². The van der Waals surface area contributed by atoms with Gasteiger partial charge in [-0.1, -0.05) is 106 Å². The second-order valence-corrected chi connectivity index (χ2v) is 13.3. The summed E-state index contributed by atoms with van der Waals surface area (Å²) in [5.41, 5.74) is 2.78. The van der Waals surface area contributed by atoms with Crippen LogP contribution < -0.4 is 9.62 Å². The second kappa shape index (κ2) is 14.5. The molecule has 2 amide bonds. The van der Waals surface area contributed by atoms with E-state index >= 15 is 0 Å². The molecule has 0 radical (unpaired) electrons. The maximum atomic E-state index is 14.2. The van der Waals surface area contributed by atoms with Crippen molar-refractivity contribution in [2.75, 3.05) is 23.7 Å². The Morgan fingerprint density at radius 3 is 2.10 bits per heavy atom. The summed E-state index contributed by atoms with van der Waals surface area (Å²) in [6.45, 7) is 7.95. The second-order valence-electron chi connectivity index (χ2n) is 10.9. The zero-order valence-corrected chi connectivity index (χ0v) is 26.0. The van der Waals surface area contributed by atoms with E-state index in [0.717, 1.165) is 21.7 Å². The standard InChI is InChI=1S/C32H40ClN3O4S/c1-23(2)20-34-32(38)30(19-25-13-7-6-8-14-25)35(21-26-15-9-11-17-28(26)33)31(37)22-36(41(5,39)40)29-18-12-10-16-27(29)24(3)4/h6-18,23-24,30H,19-22H2,1-5H3,(H,34,38)/t30-/m1/s1. The lowest BCUT2D eigenvalue weighted by Crippen LogP contribution is -2.53. The molecule has 0 unspecified atom stereocenters. The van der Waals surface area contributed by atoms with Crippen molar-refractivity contribution in [3.8, 4) is 0 Å². The number of nitrogens with one attached hydrogen (secondary N) is 1. The number of carbonyl (C=O) groups excluding carboxylic acids is 2. The normalized spacial score (nSPS) is 12.3. The van der Waals surface area contributed by atoms with Crippen LogP contribution in [0, 0.1) is 5.92 Å². The number of halogens is 1. The highest BCUT2D eigenvalue weighted by molar-refractivity contribution is 7.92. The van der Waals surface area contributed by atoms with Gasteiger partial charge in [0.25, 0.3) is 0 Å². The summed E-state index contributed by atoms with van der Waals surface area (Å²) in [5, 5.41) is 3.43. The molecule has 3 rings (SSSR count). The van der Waals surface area contributed by atoms with Gasteiger partial charge in [-0.3, -0.25) is 13.9 Å². The number of para-hydroxylation sites is 1. The highest BCUT2D eigenvalue weighted by Gasteiger charge is 2.34. The molecule has 0 saturated carbocycles. The number of amides is 2. The Morgan fingerprint density at radius 1 is 0.878 bits per heavy atom. The lowest BCUT2D eigenvalue weighted by atomic mass is 10.0. The topological polar surface area (TPSA) is 86.8 Å². The molecule has 0 fully saturated rings. The van der Waals surface area contributed by atoms with Gasteiger partial charge in [0, 0.05) is 24.5 Å². The zero-order valence-electron chi connectivity index (χ0n) is 24.4. The minimum Gasteiger partial charge on any atom is -0.354 e. The van der Waals surface area contributed by atoms with Crippen LogP contribution in [0.3, 0.4) is 0 Å². The van der Waals surface area contributed by atoms with Gasteiger partial charge in [-0.2, -0.15) is 0 Å². The number of sulfonamides is 1. The van der Waals surface area contributed by atoms with E-state index in [1.807, 2.05) is 76.2 Å². The highest BCUT2D eigenvalue weighted by atomic mass is 35.5. The van der Waals surface area contributed by atoms with Gasteiger partial charge in [0.05, 0.1) is 11.9 Å². The van der Waals surface area contributed by atoms with Gasteiger partial charge in [0.15, 0.2) is 0 Å². The van der Waals surface area contributed by atoms with Gasteiger partial charge >= 0.3 is 0 Å². The van der Waals surface area contributed by atoms with E-state index in [1.165, 1.54) is 4.90 Å². The Bertz CT molecular complexity index is 1430. The van der Waals surface area contributed by atoms with Crippen molar-refractivity contribution < 1.29 is 18.0 Å². The molecule has 9 heteroatoms. The third-order valence-corrected chi connectivity index (χ3v) is 8.26. The molecule has 0 saturated heterocycles. The summed E-state index contributed by atoms with van der Waals surface area (Å²) in [6, 6.07) is 22.9. The fraction of sp³-hybridized carbons (Fsp3) is 0.375. The Morgan fingerprint density at radius 2 is 1.49 bits per heavy atom. The van der Waals surface area contributed by atoms with Crippen LogP contribution in [0.15, 0.2) is 78.9 Å². The monoisotopic (exact) mass is 597 g/mol. The van der Waals surface area contributed by atoms with Gasteiger partial charge in [-0.05, 0) is 40.7 Å². The lowest BCUT2D eigenvalue weighted by Gasteiger charge is -2.34. The number of hydrogen-bond acceptors (Lipinski definition) is 4. The number of nitrogens with zero attached hydrogens (tertiary/aromatic N) is 2. The van der Waals surface area contributed by atoms with Crippen LogP contribution in [0.5, 0.6) is 0 Å². The fourth-order valence-corrected chi connectivity index (χ4v) is 5.65. The predicted octanol–water partition coefficient (Wildman–Crippen LogP) is 5.64. The van der Waals surface area contributed by atoms with Gasteiger partial charge in [-0.15, -0.1) is 0 Å². The molecule has 0 heterocycles. The molecule has 1 atom stereocenters. The maximum absolute atomic E-state index is 14.2. The third-order valence-electron chi connectivity index (χ3n) is 6.76. The number of carbonyl (C=O) groups is 2. The van der Waals surface area contributed by atoms with Crippen molar-refractivity contribution in [1.29, 1.82) is 0 Å². The van der Waals surface area contributed by atoms with Crippen molar-refractivity contribution in [3.05, 3.63) is 101 Å². The summed E-state index contributed by atoms with van der Waals surface area (Å²) in [4.78, 5) is 29.4. The van der Waals surface area contributed by atoms with Crippen LogP contribution in [-0.4, -0.2) is 50.5 Å². The fourth-order valence-electron chi connectivity index (χ4n) is 4.58. The first-order valence-electron chi connectivity index (χ1n) is 13.8. The predicted molar refractivity (Wildman–Crippen MR) is 167 cm³/mol. The highest BCUT2D eigenvalue weighted by Crippen LogP contribution is 2.29. The summed E-state index contributed by atoms with van der Waals surface area (Å²) >= 11 is 6.51. The van der Waals surface area contributed by atoms with Gasteiger partial charge in [-0.25, -0.2) is 8.42 Å². The lowest BCUT2D eigenvalue weighted by molar-refractivity contribution is -0.140. The molecular formula is C32H40ClN3O4S. The van der Waals surface area contributed by atoms with Crippen molar-refractivity contribution in [1.82, 2.24) is 10.2 Å². The van der Waals surface area contributed by atoms with E-state index in [9.17, 15) is 18.0 Å². The Labute approximate surface area is 249 Å². The molecule has 0 aliphatic rings. The molecule has 0 bridgehead atoms.